The number of ether oxygens (including phenoxy) is 5. The fourth-order valence-electron chi connectivity index (χ4n) is 2.56. The molecule has 0 saturated heterocycles. The van der Waals surface area contributed by atoms with Crippen LogP contribution >= 0.6 is 0 Å². The van der Waals surface area contributed by atoms with Crippen LogP contribution in [0.3, 0.4) is 0 Å². The number of hydrogen-bond acceptors (Lipinski definition) is 5. The summed E-state index contributed by atoms with van der Waals surface area (Å²) in [5.41, 5.74) is 2.42. The van der Waals surface area contributed by atoms with Crippen molar-refractivity contribution in [2.24, 2.45) is 0 Å². The van der Waals surface area contributed by atoms with Crippen LogP contribution in [0.15, 0.2) is 12.1 Å². The van der Waals surface area contributed by atoms with Gasteiger partial charge in [-0.15, -0.1) is 0 Å². The van der Waals surface area contributed by atoms with E-state index in [4.69, 9.17) is 23.7 Å². The Morgan fingerprint density at radius 1 is 0.958 bits per heavy atom. The number of unbranched alkanes of at least 4 members (excludes halogenated alkanes) is 1. The lowest BCUT2D eigenvalue weighted by molar-refractivity contribution is -0.140. The fourth-order valence-corrected chi connectivity index (χ4v) is 2.56. The maximum atomic E-state index is 5.77. The van der Waals surface area contributed by atoms with Gasteiger partial charge >= 0.3 is 0 Å². The summed E-state index contributed by atoms with van der Waals surface area (Å²) in [4.78, 5) is 0. The van der Waals surface area contributed by atoms with Gasteiger partial charge in [0.05, 0.1) is 19.8 Å². The van der Waals surface area contributed by atoms with Crippen LogP contribution in [0.4, 0.5) is 0 Å². The first-order valence-electron chi connectivity index (χ1n) is 8.97. The molecule has 0 fully saturated rings. The van der Waals surface area contributed by atoms with E-state index in [0.29, 0.717) is 26.6 Å². The average molecular weight is 338 g/mol. The highest BCUT2D eigenvalue weighted by molar-refractivity contribution is 5.48. The molecule has 1 heterocycles. The minimum absolute atomic E-state index is 0.179. The molecule has 0 spiro atoms. The van der Waals surface area contributed by atoms with Crippen molar-refractivity contribution in [3.05, 3.63) is 23.3 Å². The average Bonchev–Trinajstić information content (AvgIpc) is 3.02. The largest absolute Gasteiger partial charge is 0.454 e. The third kappa shape index (κ3) is 5.96. The first-order valence-corrected chi connectivity index (χ1v) is 8.97. The van der Waals surface area contributed by atoms with Gasteiger partial charge < -0.3 is 23.7 Å². The van der Waals surface area contributed by atoms with Crippen LogP contribution in [0.1, 0.15) is 51.2 Å². The van der Waals surface area contributed by atoms with Gasteiger partial charge in [0.25, 0.3) is 0 Å². The molecule has 0 aromatic heterocycles. The molecule has 0 saturated carbocycles. The molecule has 2 rings (SSSR count). The van der Waals surface area contributed by atoms with Crippen molar-refractivity contribution in [2.45, 2.75) is 59.4 Å². The summed E-state index contributed by atoms with van der Waals surface area (Å²) in [5, 5.41) is 0. The van der Waals surface area contributed by atoms with Crippen LogP contribution in [0.25, 0.3) is 0 Å². The molecule has 24 heavy (non-hydrogen) atoms. The highest BCUT2D eigenvalue weighted by atomic mass is 16.7. The topological polar surface area (TPSA) is 46.2 Å². The molecule has 1 aliphatic heterocycles. The van der Waals surface area contributed by atoms with Crippen molar-refractivity contribution in [3.8, 4) is 11.5 Å². The molecule has 0 bridgehead atoms. The molecule has 136 valence electrons. The normalized spacial score (nSPS) is 14.1. The summed E-state index contributed by atoms with van der Waals surface area (Å²) in [7, 11) is 0. The Kier molecular flexibility index (Phi) is 8.36. The van der Waals surface area contributed by atoms with Crippen LogP contribution in [-0.2, 0) is 27.2 Å². The molecule has 1 aromatic carbocycles. The maximum Gasteiger partial charge on any atom is 0.231 e. The molecule has 0 aliphatic carbocycles. The Balaban J connectivity index is 1.72. The zero-order valence-electron chi connectivity index (χ0n) is 15.1. The van der Waals surface area contributed by atoms with Crippen molar-refractivity contribution in [2.75, 3.05) is 26.6 Å². The lowest BCUT2D eigenvalue weighted by atomic mass is 10.0. The number of hydrogen-bond donors (Lipinski definition) is 0. The Morgan fingerprint density at radius 3 is 2.38 bits per heavy atom. The third-order valence-electron chi connectivity index (χ3n) is 3.90. The molecule has 0 N–H and O–H groups in total. The van der Waals surface area contributed by atoms with E-state index >= 15 is 0 Å². The van der Waals surface area contributed by atoms with E-state index in [1.54, 1.807) is 0 Å². The molecule has 5 nitrogen and oxygen atoms in total. The van der Waals surface area contributed by atoms with Crippen LogP contribution in [0, 0.1) is 0 Å². The summed E-state index contributed by atoms with van der Waals surface area (Å²) in [5.74, 6) is 1.64. The summed E-state index contributed by atoms with van der Waals surface area (Å²) in [6.45, 7) is 8.91. The Bertz CT molecular complexity index is 489. The highest BCUT2D eigenvalue weighted by Gasteiger charge is 2.17. The third-order valence-corrected chi connectivity index (χ3v) is 3.90. The SMILES string of the molecule is CCCCOC(C)OCCOCc1cc2c(cc1CCC)OCO2. The standard InChI is InChI=1S/C19H30O5/c1-4-6-8-21-15(3)22-10-9-20-13-17-12-19-18(23-14-24-19)11-16(17)7-5-2/h11-12,15H,4-10,13-14H2,1-3H3. The number of fused-ring (bicyclic) bond motifs is 1. The van der Waals surface area contributed by atoms with E-state index in [1.165, 1.54) is 5.56 Å². The predicted molar refractivity (Wildman–Crippen MR) is 92.5 cm³/mol. The van der Waals surface area contributed by atoms with Crippen molar-refractivity contribution >= 4 is 0 Å². The zero-order chi connectivity index (χ0) is 17.2. The number of aryl methyl sites for hydroxylation is 1. The van der Waals surface area contributed by atoms with Crippen LogP contribution in [0.5, 0.6) is 11.5 Å². The Labute approximate surface area is 145 Å². The summed E-state index contributed by atoms with van der Waals surface area (Å²) in [6.07, 6.45) is 4.11. The molecule has 1 aromatic rings. The van der Waals surface area contributed by atoms with Gasteiger partial charge in [0, 0.05) is 6.61 Å². The fraction of sp³-hybridized carbons (Fsp3) is 0.684. The van der Waals surface area contributed by atoms with E-state index in [1.807, 2.05) is 13.0 Å². The van der Waals surface area contributed by atoms with E-state index in [9.17, 15) is 0 Å². The van der Waals surface area contributed by atoms with E-state index in [-0.39, 0.29) is 6.29 Å². The number of benzene rings is 1. The summed E-state index contributed by atoms with van der Waals surface area (Å²) in [6, 6.07) is 4.11. The molecule has 0 amide bonds. The van der Waals surface area contributed by atoms with Crippen molar-refractivity contribution in [1.29, 1.82) is 0 Å². The van der Waals surface area contributed by atoms with Gasteiger partial charge in [-0.05, 0) is 43.0 Å². The smallest absolute Gasteiger partial charge is 0.231 e. The van der Waals surface area contributed by atoms with Crippen LogP contribution in [0.2, 0.25) is 0 Å². The van der Waals surface area contributed by atoms with Crippen LogP contribution < -0.4 is 9.47 Å². The monoisotopic (exact) mass is 338 g/mol. The highest BCUT2D eigenvalue weighted by Crippen LogP contribution is 2.35. The maximum absolute atomic E-state index is 5.77. The molecular weight excluding hydrogens is 308 g/mol. The van der Waals surface area contributed by atoms with Crippen LogP contribution in [-0.4, -0.2) is 32.9 Å². The predicted octanol–water partition coefficient (Wildman–Crippen LogP) is 4.06. The first-order chi connectivity index (χ1) is 11.7. The van der Waals surface area contributed by atoms with E-state index in [0.717, 1.165) is 49.4 Å². The minimum Gasteiger partial charge on any atom is -0.454 e. The van der Waals surface area contributed by atoms with Gasteiger partial charge in [-0.25, -0.2) is 0 Å². The van der Waals surface area contributed by atoms with Crippen molar-refractivity contribution < 1.29 is 23.7 Å². The second-order valence-electron chi connectivity index (χ2n) is 5.94. The van der Waals surface area contributed by atoms with Gasteiger partial charge in [0.2, 0.25) is 6.79 Å². The van der Waals surface area contributed by atoms with Gasteiger partial charge in [-0.3, -0.25) is 0 Å². The zero-order valence-corrected chi connectivity index (χ0v) is 15.1. The lowest BCUT2D eigenvalue weighted by Gasteiger charge is -2.15. The quantitative estimate of drug-likeness (QED) is 0.425. The molecule has 1 atom stereocenters. The number of rotatable bonds is 12. The lowest BCUT2D eigenvalue weighted by Crippen LogP contribution is -2.17. The second kappa shape index (κ2) is 10.5. The van der Waals surface area contributed by atoms with Gasteiger partial charge in [0.1, 0.15) is 0 Å². The van der Waals surface area contributed by atoms with Gasteiger partial charge in [-0.2, -0.15) is 0 Å². The first kappa shape index (κ1) is 19.0. The van der Waals surface area contributed by atoms with Crippen molar-refractivity contribution in [1.82, 2.24) is 0 Å². The molecule has 1 aliphatic rings. The second-order valence-corrected chi connectivity index (χ2v) is 5.94. The molecule has 5 heteroatoms. The van der Waals surface area contributed by atoms with Gasteiger partial charge in [0.15, 0.2) is 17.8 Å². The van der Waals surface area contributed by atoms with Crippen molar-refractivity contribution in [3.63, 3.8) is 0 Å². The Hall–Kier alpha value is -1.30. The molecule has 1 unspecified atom stereocenters. The Morgan fingerprint density at radius 2 is 1.67 bits per heavy atom. The molecular formula is C19H30O5. The minimum atomic E-state index is -0.179. The molecule has 0 radical (unpaired) electrons. The van der Waals surface area contributed by atoms with E-state index in [2.05, 4.69) is 19.9 Å². The van der Waals surface area contributed by atoms with Gasteiger partial charge in [-0.1, -0.05) is 26.7 Å². The summed E-state index contributed by atoms with van der Waals surface area (Å²) >= 11 is 0. The summed E-state index contributed by atoms with van der Waals surface area (Å²) < 4.78 is 27.8. The van der Waals surface area contributed by atoms with E-state index < -0.39 is 0 Å².